The van der Waals surface area contributed by atoms with Crippen LogP contribution in [0, 0.1) is 0 Å². The highest BCUT2D eigenvalue weighted by molar-refractivity contribution is 4.92. The van der Waals surface area contributed by atoms with Crippen molar-refractivity contribution < 1.29 is 19.7 Å². The molecule has 0 aliphatic carbocycles. The highest BCUT2D eigenvalue weighted by atomic mass is 16.5. The van der Waals surface area contributed by atoms with E-state index in [4.69, 9.17) is 19.7 Å². The van der Waals surface area contributed by atoms with Crippen LogP contribution < -0.4 is 0 Å². The Morgan fingerprint density at radius 2 is 1.92 bits per heavy atom. The quantitative estimate of drug-likeness (QED) is 0.427. The molecule has 0 saturated carbocycles. The van der Waals surface area contributed by atoms with Gasteiger partial charge in [-0.1, -0.05) is 6.92 Å². The molecule has 78 valence electrons. The molecule has 0 bridgehead atoms. The van der Waals surface area contributed by atoms with Gasteiger partial charge in [0.1, 0.15) is 19.0 Å². The van der Waals surface area contributed by atoms with E-state index in [1.54, 1.807) is 0 Å². The van der Waals surface area contributed by atoms with Crippen LogP contribution in [-0.4, -0.2) is 43.2 Å². The summed E-state index contributed by atoms with van der Waals surface area (Å²) in [7, 11) is 0. The zero-order chi connectivity index (χ0) is 9.94. The number of allylic oxidation sites excluding steroid dienone is 1. The monoisotopic (exact) mass is 190 g/mol. The van der Waals surface area contributed by atoms with Crippen LogP contribution in [0.2, 0.25) is 0 Å². The van der Waals surface area contributed by atoms with Crippen molar-refractivity contribution >= 4 is 0 Å². The molecule has 4 heteroatoms. The molecule has 0 heterocycles. The molecule has 0 aromatic rings. The first-order valence-electron chi connectivity index (χ1n) is 4.46. The van der Waals surface area contributed by atoms with Gasteiger partial charge >= 0.3 is 0 Å². The minimum atomic E-state index is 0.00105. The van der Waals surface area contributed by atoms with E-state index >= 15 is 0 Å². The fourth-order valence-corrected chi connectivity index (χ4v) is 0.801. The van der Waals surface area contributed by atoms with Crippen molar-refractivity contribution in [3.63, 3.8) is 0 Å². The number of aliphatic hydroxyl groups is 2. The third-order valence-electron chi connectivity index (χ3n) is 1.29. The summed E-state index contributed by atoms with van der Waals surface area (Å²) in [6, 6.07) is 0. The molecule has 0 fully saturated rings. The van der Waals surface area contributed by atoms with Gasteiger partial charge in [-0.25, -0.2) is 0 Å². The Kier molecular flexibility index (Phi) is 9.08. The number of rotatable bonds is 8. The van der Waals surface area contributed by atoms with Crippen LogP contribution in [0.4, 0.5) is 0 Å². The number of hydrogen-bond acceptors (Lipinski definition) is 4. The average Bonchev–Trinajstić information content (AvgIpc) is 2.14. The van der Waals surface area contributed by atoms with Gasteiger partial charge in [0.15, 0.2) is 0 Å². The Labute approximate surface area is 78.8 Å². The van der Waals surface area contributed by atoms with Crippen molar-refractivity contribution in [1.29, 1.82) is 0 Å². The molecular weight excluding hydrogens is 172 g/mol. The predicted octanol–water partition coefficient (Wildman–Crippen LogP) is 0.298. The van der Waals surface area contributed by atoms with Gasteiger partial charge in [0, 0.05) is 0 Å². The Morgan fingerprint density at radius 1 is 1.23 bits per heavy atom. The summed E-state index contributed by atoms with van der Waals surface area (Å²) in [4.78, 5) is 0. The molecule has 0 rings (SSSR count). The van der Waals surface area contributed by atoms with Gasteiger partial charge in [-0.2, -0.15) is 0 Å². The molecule has 0 saturated heterocycles. The van der Waals surface area contributed by atoms with Crippen LogP contribution in [0.1, 0.15) is 13.3 Å². The van der Waals surface area contributed by atoms with Crippen molar-refractivity contribution in [1.82, 2.24) is 0 Å². The first kappa shape index (κ1) is 12.4. The van der Waals surface area contributed by atoms with Crippen LogP contribution in [-0.2, 0) is 9.47 Å². The summed E-state index contributed by atoms with van der Waals surface area (Å²) in [6.45, 7) is 2.96. The molecule has 0 aliphatic heterocycles. The maximum absolute atomic E-state index is 8.52. The number of aliphatic hydroxyl groups excluding tert-OH is 2. The van der Waals surface area contributed by atoms with Crippen LogP contribution in [0.3, 0.4) is 0 Å². The lowest BCUT2D eigenvalue weighted by Gasteiger charge is -2.09. The highest BCUT2D eigenvalue weighted by Crippen LogP contribution is 1.99. The highest BCUT2D eigenvalue weighted by Gasteiger charge is 1.97. The van der Waals surface area contributed by atoms with E-state index in [9.17, 15) is 0 Å². The Morgan fingerprint density at radius 3 is 2.46 bits per heavy atom. The molecule has 0 atom stereocenters. The van der Waals surface area contributed by atoms with Crippen LogP contribution in [0.15, 0.2) is 11.8 Å². The molecule has 0 spiro atoms. The summed E-state index contributed by atoms with van der Waals surface area (Å²) < 4.78 is 10.3. The normalized spacial score (nSPS) is 11.8. The van der Waals surface area contributed by atoms with E-state index in [2.05, 4.69) is 0 Å². The Hall–Kier alpha value is -0.580. The predicted molar refractivity (Wildman–Crippen MR) is 49.3 cm³/mol. The Balaban J connectivity index is 3.61. The summed E-state index contributed by atoms with van der Waals surface area (Å²) in [6.07, 6.45) is 2.76. The van der Waals surface area contributed by atoms with Crippen molar-refractivity contribution in [3.05, 3.63) is 11.8 Å². The SMILES string of the molecule is CCC=C(COCCO)OCCO. The molecule has 4 nitrogen and oxygen atoms in total. The van der Waals surface area contributed by atoms with E-state index in [0.29, 0.717) is 19.0 Å². The maximum atomic E-state index is 8.52. The van der Waals surface area contributed by atoms with E-state index in [1.807, 2.05) is 13.0 Å². The molecule has 13 heavy (non-hydrogen) atoms. The van der Waals surface area contributed by atoms with E-state index in [0.717, 1.165) is 6.42 Å². The minimum Gasteiger partial charge on any atom is -0.493 e. The standard InChI is InChI=1S/C9H18O4/c1-2-3-9(13-7-5-11)8-12-6-4-10/h3,10-11H,2,4-8H2,1H3. The summed E-state index contributed by atoms with van der Waals surface area (Å²) in [5.41, 5.74) is 0. The average molecular weight is 190 g/mol. The lowest BCUT2D eigenvalue weighted by atomic mass is 10.4. The molecule has 0 radical (unpaired) electrons. The topological polar surface area (TPSA) is 58.9 Å². The van der Waals surface area contributed by atoms with Crippen LogP contribution >= 0.6 is 0 Å². The van der Waals surface area contributed by atoms with Gasteiger partial charge in [-0.15, -0.1) is 0 Å². The smallest absolute Gasteiger partial charge is 0.118 e. The van der Waals surface area contributed by atoms with E-state index in [1.165, 1.54) is 0 Å². The van der Waals surface area contributed by atoms with Crippen LogP contribution in [0.5, 0.6) is 0 Å². The lowest BCUT2D eigenvalue weighted by molar-refractivity contribution is 0.0625. The molecule has 0 aliphatic rings. The maximum Gasteiger partial charge on any atom is 0.118 e. The van der Waals surface area contributed by atoms with Gasteiger partial charge < -0.3 is 19.7 Å². The van der Waals surface area contributed by atoms with Crippen molar-refractivity contribution in [2.24, 2.45) is 0 Å². The van der Waals surface area contributed by atoms with Gasteiger partial charge in [-0.3, -0.25) is 0 Å². The molecule has 0 amide bonds. The molecule has 2 N–H and O–H groups in total. The fourth-order valence-electron chi connectivity index (χ4n) is 0.801. The van der Waals surface area contributed by atoms with Gasteiger partial charge in [-0.05, 0) is 12.5 Å². The third-order valence-corrected chi connectivity index (χ3v) is 1.29. The first-order chi connectivity index (χ1) is 6.35. The second kappa shape index (κ2) is 9.51. The van der Waals surface area contributed by atoms with Gasteiger partial charge in [0.05, 0.1) is 19.8 Å². The summed E-state index contributed by atoms with van der Waals surface area (Å²) in [5, 5.41) is 17.0. The molecule has 0 aromatic carbocycles. The lowest BCUT2D eigenvalue weighted by Crippen LogP contribution is -2.08. The number of hydrogen-bond donors (Lipinski definition) is 2. The zero-order valence-electron chi connectivity index (χ0n) is 8.03. The van der Waals surface area contributed by atoms with E-state index < -0.39 is 0 Å². The number of ether oxygens (including phenoxy) is 2. The van der Waals surface area contributed by atoms with Crippen molar-refractivity contribution in [2.45, 2.75) is 13.3 Å². The minimum absolute atomic E-state index is 0.00105. The van der Waals surface area contributed by atoms with E-state index in [-0.39, 0.29) is 19.8 Å². The first-order valence-corrected chi connectivity index (χ1v) is 4.46. The summed E-state index contributed by atoms with van der Waals surface area (Å²) in [5.74, 6) is 0.713. The van der Waals surface area contributed by atoms with Crippen molar-refractivity contribution in [2.75, 3.05) is 33.0 Å². The second-order valence-electron chi connectivity index (χ2n) is 2.43. The second-order valence-corrected chi connectivity index (χ2v) is 2.43. The molecule has 0 aromatic heterocycles. The zero-order valence-corrected chi connectivity index (χ0v) is 8.03. The summed E-state index contributed by atoms with van der Waals surface area (Å²) >= 11 is 0. The molecular formula is C9H18O4. The fraction of sp³-hybridized carbons (Fsp3) is 0.778. The van der Waals surface area contributed by atoms with Crippen molar-refractivity contribution in [3.8, 4) is 0 Å². The third kappa shape index (κ3) is 7.77. The molecule has 0 unspecified atom stereocenters. The van der Waals surface area contributed by atoms with Gasteiger partial charge in [0.2, 0.25) is 0 Å². The largest absolute Gasteiger partial charge is 0.493 e. The van der Waals surface area contributed by atoms with Gasteiger partial charge in [0.25, 0.3) is 0 Å². The van der Waals surface area contributed by atoms with Crippen LogP contribution in [0.25, 0.3) is 0 Å². The Bertz CT molecular complexity index is 134.